The van der Waals surface area contributed by atoms with Gasteiger partial charge in [0.25, 0.3) is 0 Å². The van der Waals surface area contributed by atoms with Crippen LogP contribution in [0.3, 0.4) is 0 Å². The second-order valence-electron chi connectivity index (χ2n) is 12.4. The molecule has 2 N–H and O–H groups in total. The van der Waals surface area contributed by atoms with E-state index in [-0.39, 0.29) is 18.4 Å². The maximum Gasteiger partial charge on any atom is 0.304 e. The number of aromatic nitrogens is 2. The first-order valence-corrected chi connectivity index (χ1v) is 16.4. The van der Waals surface area contributed by atoms with Crippen LogP contribution < -0.4 is 5.32 Å². The number of nitrogens with one attached hydrogen (secondary N) is 1. The molecule has 4 heterocycles. The number of hydrogen-bond donors (Lipinski definition) is 2. The number of ether oxygens (including phenoxy) is 2. The number of allylic oxidation sites excluding steroid dienone is 2. The van der Waals surface area contributed by atoms with Crippen LogP contribution in [0.15, 0.2) is 73.1 Å². The fraction of sp³-hybridized carbons (Fsp3) is 0.472. The van der Waals surface area contributed by atoms with E-state index in [1.54, 1.807) is 0 Å². The average molecular weight is 612 g/mol. The van der Waals surface area contributed by atoms with Gasteiger partial charge in [-0.3, -0.25) is 19.6 Å². The Morgan fingerprint density at radius 2 is 1.98 bits per heavy atom. The molecule has 2 aromatic heterocycles. The number of rotatable bonds is 12. The average Bonchev–Trinajstić information content (AvgIpc) is 3.06. The van der Waals surface area contributed by atoms with Gasteiger partial charge in [-0.2, -0.15) is 0 Å². The van der Waals surface area contributed by atoms with Crippen molar-refractivity contribution in [3.63, 3.8) is 0 Å². The first kappa shape index (κ1) is 31.4. The van der Waals surface area contributed by atoms with E-state index in [2.05, 4.69) is 70.6 Å². The van der Waals surface area contributed by atoms with Crippen molar-refractivity contribution in [1.29, 1.82) is 0 Å². The second kappa shape index (κ2) is 14.6. The number of hydrogen-bond acceptors (Lipinski definition) is 8. The Hall–Kier alpha value is -3.63. The van der Waals surface area contributed by atoms with Gasteiger partial charge in [0, 0.05) is 55.9 Å². The highest BCUT2D eigenvalue weighted by Crippen LogP contribution is 2.40. The van der Waals surface area contributed by atoms with Gasteiger partial charge in [0.05, 0.1) is 26.2 Å². The van der Waals surface area contributed by atoms with Crippen molar-refractivity contribution < 1.29 is 19.4 Å². The van der Waals surface area contributed by atoms with E-state index in [1.165, 1.54) is 11.1 Å². The lowest BCUT2D eigenvalue weighted by atomic mass is 9.81. The first-order chi connectivity index (χ1) is 22.0. The lowest BCUT2D eigenvalue weighted by Crippen LogP contribution is -2.48. The Bertz CT molecular complexity index is 1510. The summed E-state index contributed by atoms with van der Waals surface area (Å²) < 4.78 is 12.3. The Labute approximate surface area is 265 Å². The highest BCUT2D eigenvalue weighted by Gasteiger charge is 2.40. The normalized spacial score (nSPS) is 24.4. The highest BCUT2D eigenvalue weighted by molar-refractivity contribution is 5.89. The summed E-state index contributed by atoms with van der Waals surface area (Å²) in [7, 11) is 0. The summed E-state index contributed by atoms with van der Waals surface area (Å²) in [5.74, 6) is -0.0616. The van der Waals surface area contributed by atoms with Gasteiger partial charge in [-0.1, -0.05) is 55.8 Å². The minimum absolute atomic E-state index is 0.00474. The maximum absolute atomic E-state index is 11.5. The molecular weight excluding hydrogens is 566 g/mol. The molecule has 6 rings (SSSR count). The van der Waals surface area contributed by atoms with Crippen molar-refractivity contribution >= 4 is 28.3 Å². The molecule has 3 atom stereocenters. The van der Waals surface area contributed by atoms with Gasteiger partial charge in [0.1, 0.15) is 5.52 Å². The number of likely N-dealkylation sites (tertiary alicyclic amines) is 1. The molecule has 0 radical (unpaired) electrons. The molecule has 2 aliphatic heterocycles. The second-order valence-corrected chi connectivity index (χ2v) is 12.4. The van der Waals surface area contributed by atoms with E-state index in [4.69, 9.17) is 19.4 Å². The van der Waals surface area contributed by atoms with Crippen molar-refractivity contribution in [2.24, 2.45) is 5.92 Å². The van der Waals surface area contributed by atoms with Crippen molar-refractivity contribution in [3.8, 4) is 0 Å². The van der Waals surface area contributed by atoms with Gasteiger partial charge in [-0.25, -0.2) is 4.98 Å². The molecule has 1 aliphatic carbocycles. The largest absolute Gasteiger partial charge is 0.481 e. The Morgan fingerprint density at radius 3 is 2.80 bits per heavy atom. The number of carbonyl (C=O) groups is 1. The number of piperidine rings is 1. The molecule has 0 saturated carbocycles. The molecule has 45 heavy (non-hydrogen) atoms. The number of carboxylic acid groups (broad SMARTS) is 1. The molecule has 2 fully saturated rings. The molecule has 9 heteroatoms. The predicted molar refractivity (Wildman–Crippen MR) is 177 cm³/mol. The molecular formula is C36H45N5O4. The minimum atomic E-state index is -0.815. The summed E-state index contributed by atoms with van der Waals surface area (Å²) in [4.78, 5) is 25.9. The summed E-state index contributed by atoms with van der Waals surface area (Å²) in [6, 6.07) is 14.7. The van der Waals surface area contributed by atoms with Gasteiger partial charge in [-0.05, 0) is 60.7 Å². The molecule has 3 aliphatic rings. The zero-order chi connectivity index (χ0) is 31.1. The fourth-order valence-corrected chi connectivity index (χ4v) is 6.91. The fourth-order valence-electron chi connectivity index (χ4n) is 6.91. The third kappa shape index (κ3) is 7.61. The van der Waals surface area contributed by atoms with E-state index >= 15 is 0 Å². The Balaban J connectivity index is 1.23. The van der Waals surface area contributed by atoms with Crippen LogP contribution in [0.4, 0.5) is 5.82 Å². The van der Waals surface area contributed by atoms with Gasteiger partial charge < -0.3 is 19.9 Å². The molecule has 0 spiro atoms. The van der Waals surface area contributed by atoms with E-state index < -0.39 is 11.7 Å². The lowest BCUT2D eigenvalue weighted by Gasteiger charge is -2.41. The number of benzene rings is 1. The minimum Gasteiger partial charge on any atom is -0.481 e. The Kier molecular flexibility index (Phi) is 10.2. The van der Waals surface area contributed by atoms with Crippen molar-refractivity contribution in [2.75, 3.05) is 51.3 Å². The quantitative estimate of drug-likeness (QED) is 0.200. The molecule has 3 unspecified atom stereocenters. The van der Waals surface area contributed by atoms with Crippen molar-refractivity contribution in [1.82, 2.24) is 19.8 Å². The summed E-state index contributed by atoms with van der Waals surface area (Å²) in [6.45, 7) is 8.88. The summed E-state index contributed by atoms with van der Waals surface area (Å²) >= 11 is 0. The molecule has 2 saturated heterocycles. The number of morpholine rings is 1. The number of nitrogens with zero attached hydrogens (tertiary/aromatic N) is 4. The molecule has 0 amide bonds. The standard InChI is InChI=1S/C36H45N5O4/c1-27-32(29-9-3-2-4-10-29)12-7-14-36(27,45-20-8-16-40-18-21-44-22-19-40)39-35-34-30(13-15-37-35)23-28(25-38-34)26-41-17-6-5-11-31(41)24-33(42)43/h2-4,7,9-10,12-15,23,25,27,31H,5-6,8,11,16-22,24,26H2,1H3,(H,37,39)(H,42,43). The zero-order valence-electron chi connectivity index (χ0n) is 26.2. The van der Waals surface area contributed by atoms with E-state index in [0.29, 0.717) is 19.0 Å². The maximum atomic E-state index is 11.5. The van der Waals surface area contributed by atoms with Crippen LogP contribution in [-0.4, -0.2) is 88.6 Å². The summed E-state index contributed by atoms with van der Waals surface area (Å²) in [6.07, 6.45) is 14.3. The van der Waals surface area contributed by atoms with E-state index in [9.17, 15) is 9.90 Å². The van der Waals surface area contributed by atoms with Crippen LogP contribution in [0.2, 0.25) is 0 Å². The highest BCUT2D eigenvalue weighted by atomic mass is 16.5. The summed E-state index contributed by atoms with van der Waals surface area (Å²) in [5.41, 5.74) is 3.42. The summed E-state index contributed by atoms with van der Waals surface area (Å²) in [5, 5.41) is 14.1. The first-order valence-electron chi connectivity index (χ1n) is 16.4. The number of aliphatic carboxylic acids is 1. The SMILES string of the molecule is CC1C(c2ccccc2)=CC=CC1(Nc1nccc2cc(CN3CCCCC3CC(=O)O)cnc12)OCCCN1CCOCC1. The molecule has 3 aromatic rings. The molecule has 0 bridgehead atoms. The topological polar surface area (TPSA) is 100 Å². The van der Waals surface area contributed by atoms with Gasteiger partial charge in [-0.15, -0.1) is 0 Å². The van der Waals surface area contributed by atoms with Crippen molar-refractivity contribution in [3.05, 3.63) is 84.2 Å². The third-order valence-corrected chi connectivity index (χ3v) is 9.41. The third-order valence-electron chi connectivity index (χ3n) is 9.41. The number of carboxylic acids is 1. The van der Waals surface area contributed by atoms with Gasteiger partial charge in [0.2, 0.25) is 0 Å². The van der Waals surface area contributed by atoms with Crippen LogP contribution in [0, 0.1) is 5.92 Å². The molecule has 1 aromatic carbocycles. The van der Waals surface area contributed by atoms with E-state index in [1.807, 2.05) is 24.5 Å². The van der Waals surface area contributed by atoms with E-state index in [0.717, 1.165) is 81.5 Å². The molecule has 238 valence electrons. The van der Waals surface area contributed by atoms with Gasteiger partial charge in [0.15, 0.2) is 11.5 Å². The number of anilines is 1. The monoisotopic (exact) mass is 611 g/mol. The van der Waals surface area contributed by atoms with Crippen LogP contribution in [0.5, 0.6) is 0 Å². The van der Waals surface area contributed by atoms with Crippen LogP contribution in [-0.2, 0) is 20.8 Å². The zero-order valence-corrected chi connectivity index (χ0v) is 26.2. The van der Waals surface area contributed by atoms with Gasteiger partial charge >= 0.3 is 5.97 Å². The number of pyridine rings is 2. The smallest absolute Gasteiger partial charge is 0.304 e. The van der Waals surface area contributed by atoms with Crippen molar-refractivity contribution in [2.45, 2.75) is 57.3 Å². The lowest BCUT2D eigenvalue weighted by molar-refractivity contribution is -0.138. The predicted octanol–water partition coefficient (Wildman–Crippen LogP) is 5.60. The Morgan fingerprint density at radius 1 is 1.13 bits per heavy atom. The molecule has 9 nitrogen and oxygen atoms in total. The number of fused-ring (bicyclic) bond motifs is 1. The van der Waals surface area contributed by atoms with Crippen LogP contribution in [0.1, 0.15) is 50.2 Å². The van der Waals surface area contributed by atoms with Crippen LogP contribution >= 0.6 is 0 Å². The van der Waals surface area contributed by atoms with Crippen LogP contribution in [0.25, 0.3) is 16.5 Å².